The fraction of sp³-hybridized carbons (Fsp3) is 0.667. The normalized spacial score (nSPS) is 44.4. The maximum atomic E-state index is 12.4. The van der Waals surface area contributed by atoms with Gasteiger partial charge in [-0.2, -0.15) is 0 Å². The Balaban J connectivity index is 1.53. The molecule has 136 valence electrons. The Bertz CT molecular complexity index is 684. The van der Waals surface area contributed by atoms with Crippen LogP contribution < -0.4 is 0 Å². The number of fused-ring (bicyclic) bond motifs is 2. The van der Waals surface area contributed by atoms with Crippen molar-refractivity contribution in [2.75, 3.05) is 0 Å². The van der Waals surface area contributed by atoms with Crippen molar-refractivity contribution in [3.63, 3.8) is 0 Å². The van der Waals surface area contributed by atoms with E-state index in [1.807, 2.05) is 18.2 Å². The number of carbonyl (C=O) groups excluding carboxylic acids is 1. The fourth-order valence-electron chi connectivity index (χ4n) is 6.01. The maximum Gasteiger partial charge on any atom is 0.338 e. The van der Waals surface area contributed by atoms with Gasteiger partial charge in [0.05, 0.1) is 17.3 Å². The molecule has 0 radical (unpaired) electrons. The van der Waals surface area contributed by atoms with E-state index in [0.29, 0.717) is 12.0 Å². The molecule has 0 spiro atoms. The van der Waals surface area contributed by atoms with Gasteiger partial charge in [-0.3, -0.25) is 0 Å². The molecular formula is C21H28O4. The molecule has 0 amide bonds. The first-order valence-corrected chi connectivity index (χ1v) is 9.31. The van der Waals surface area contributed by atoms with Crippen LogP contribution in [-0.2, 0) is 4.74 Å². The smallest absolute Gasteiger partial charge is 0.338 e. The Labute approximate surface area is 149 Å². The largest absolute Gasteiger partial charge is 0.458 e. The number of benzene rings is 1. The SMILES string of the molecule is CC1(C)C[C@@H]2C[C@@]3(C)C[C@H](OC(=O)c4ccccc4)[C@H]3[C@H](O)[C@@]2(O)C1. The van der Waals surface area contributed by atoms with Crippen molar-refractivity contribution in [1.29, 1.82) is 0 Å². The van der Waals surface area contributed by atoms with Crippen LogP contribution in [0.1, 0.15) is 56.8 Å². The van der Waals surface area contributed by atoms with Gasteiger partial charge < -0.3 is 14.9 Å². The average molecular weight is 344 g/mol. The lowest BCUT2D eigenvalue weighted by molar-refractivity contribution is -0.255. The highest BCUT2D eigenvalue weighted by Gasteiger charge is 2.69. The van der Waals surface area contributed by atoms with E-state index in [0.717, 1.165) is 19.3 Å². The second kappa shape index (κ2) is 5.31. The first-order valence-electron chi connectivity index (χ1n) is 9.31. The quantitative estimate of drug-likeness (QED) is 0.809. The van der Waals surface area contributed by atoms with E-state index >= 15 is 0 Å². The summed E-state index contributed by atoms with van der Waals surface area (Å²) in [5.74, 6) is -0.402. The van der Waals surface area contributed by atoms with Gasteiger partial charge in [-0.15, -0.1) is 0 Å². The Kier molecular flexibility index (Phi) is 3.62. The monoisotopic (exact) mass is 344 g/mol. The topological polar surface area (TPSA) is 66.8 Å². The number of esters is 1. The van der Waals surface area contributed by atoms with E-state index in [4.69, 9.17) is 4.74 Å². The van der Waals surface area contributed by atoms with Crippen LogP contribution in [0.2, 0.25) is 0 Å². The summed E-state index contributed by atoms with van der Waals surface area (Å²) in [6.07, 6.45) is 2.06. The first-order chi connectivity index (χ1) is 11.6. The Morgan fingerprint density at radius 1 is 1.12 bits per heavy atom. The molecular weight excluding hydrogens is 316 g/mol. The van der Waals surface area contributed by atoms with Crippen LogP contribution in [0, 0.1) is 22.7 Å². The summed E-state index contributed by atoms with van der Waals surface area (Å²) in [5.41, 5.74) is -0.541. The highest BCUT2D eigenvalue weighted by Crippen LogP contribution is 2.65. The van der Waals surface area contributed by atoms with E-state index < -0.39 is 11.7 Å². The molecule has 3 fully saturated rings. The Hall–Kier alpha value is -1.39. The summed E-state index contributed by atoms with van der Waals surface area (Å²) >= 11 is 0. The summed E-state index contributed by atoms with van der Waals surface area (Å²) in [4.78, 5) is 12.4. The van der Waals surface area contributed by atoms with Crippen LogP contribution >= 0.6 is 0 Å². The molecule has 0 bridgehead atoms. The van der Waals surface area contributed by atoms with Crippen LogP contribution in [0.5, 0.6) is 0 Å². The second-order valence-corrected chi connectivity index (χ2v) is 9.58. The van der Waals surface area contributed by atoms with Crippen LogP contribution in [0.3, 0.4) is 0 Å². The highest BCUT2D eigenvalue weighted by atomic mass is 16.5. The molecule has 0 unspecified atom stereocenters. The summed E-state index contributed by atoms with van der Waals surface area (Å²) < 4.78 is 5.71. The lowest BCUT2D eigenvalue weighted by Crippen LogP contribution is -2.68. The molecule has 4 rings (SSSR count). The number of aliphatic hydroxyl groups is 2. The van der Waals surface area contributed by atoms with Crippen molar-refractivity contribution in [3.8, 4) is 0 Å². The zero-order valence-corrected chi connectivity index (χ0v) is 15.2. The first kappa shape index (κ1) is 17.0. The molecule has 4 heteroatoms. The van der Waals surface area contributed by atoms with Gasteiger partial charge in [0, 0.05) is 5.92 Å². The predicted octanol–water partition coefficient (Wildman–Crippen LogP) is 3.17. The number of hydrogen-bond donors (Lipinski definition) is 2. The van der Waals surface area contributed by atoms with Crippen LogP contribution in [-0.4, -0.2) is 34.0 Å². The van der Waals surface area contributed by atoms with Gasteiger partial charge in [0.25, 0.3) is 0 Å². The number of carbonyl (C=O) groups is 1. The van der Waals surface area contributed by atoms with Gasteiger partial charge >= 0.3 is 5.97 Å². The van der Waals surface area contributed by atoms with Gasteiger partial charge in [-0.1, -0.05) is 39.0 Å². The van der Waals surface area contributed by atoms with E-state index in [1.54, 1.807) is 12.1 Å². The minimum Gasteiger partial charge on any atom is -0.458 e. The average Bonchev–Trinajstić information content (AvgIpc) is 2.76. The number of rotatable bonds is 2. The van der Waals surface area contributed by atoms with E-state index in [-0.39, 0.29) is 34.7 Å². The van der Waals surface area contributed by atoms with Crippen LogP contribution in [0.25, 0.3) is 0 Å². The minimum absolute atomic E-state index is 0.0384. The zero-order chi connectivity index (χ0) is 18.0. The zero-order valence-electron chi connectivity index (χ0n) is 15.2. The maximum absolute atomic E-state index is 12.4. The molecule has 6 atom stereocenters. The van der Waals surface area contributed by atoms with Crippen LogP contribution in [0.4, 0.5) is 0 Å². The van der Waals surface area contributed by atoms with Gasteiger partial charge in [0.15, 0.2) is 0 Å². The van der Waals surface area contributed by atoms with Crippen molar-refractivity contribution in [1.82, 2.24) is 0 Å². The van der Waals surface area contributed by atoms with Crippen LogP contribution in [0.15, 0.2) is 30.3 Å². The van der Waals surface area contributed by atoms with Crippen molar-refractivity contribution in [3.05, 3.63) is 35.9 Å². The second-order valence-electron chi connectivity index (χ2n) is 9.58. The molecule has 3 aliphatic rings. The summed E-state index contributed by atoms with van der Waals surface area (Å²) in [7, 11) is 0. The molecule has 3 saturated carbocycles. The van der Waals surface area contributed by atoms with Gasteiger partial charge in [0.1, 0.15) is 6.10 Å². The van der Waals surface area contributed by atoms with E-state index in [9.17, 15) is 15.0 Å². The Morgan fingerprint density at radius 2 is 1.80 bits per heavy atom. The predicted molar refractivity (Wildman–Crippen MR) is 93.9 cm³/mol. The number of hydrogen-bond acceptors (Lipinski definition) is 4. The molecule has 1 aromatic rings. The summed E-state index contributed by atoms with van der Waals surface area (Å²) in [5, 5.41) is 22.3. The molecule has 25 heavy (non-hydrogen) atoms. The van der Waals surface area contributed by atoms with Crippen molar-refractivity contribution in [2.45, 2.75) is 64.3 Å². The lowest BCUT2D eigenvalue weighted by Gasteiger charge is -2.62. The number of aliphatic hydroxyl groups excluding tert-OH is 1. The van der Waals surface area contributed by atoms with Crippen molar-refractivity contribution in [2.24, 2.45) is 22.7 Å². The van der Waals surface area contributed by atoms with E-state index in [2.05, 4.69) is 20.8 Å². The van der Waals surface area contributed by atoms with Crippen molar-refractivity contribution >= 4 is 5.97 Å². The lowest BCUT2D eigenvalue weighted by atomic mass is 9.47. The van der Waals surface area contributed by atoms with E-state index in [1.165, 1.54) is 0 Å². The molecule has 4 nitrogen and oxygen atoms in total. The molecule has 3 aliphatic carbocycles. The molecule has 2 N–H and O–H groups in total. The highest BCUT2D eigenvalue weighted by molar-refractivity contribution is 5.89. The molecule has 0 saturated heterocycles. The third kappa shape index (κ3) is 2.53. The summed E-state index contributed by atoms with van der Waals surface area (Å²) in [6, 6.07) is 8.95. The molecule has 0 aromatic heterocycles. The molecule has 1 aromatic carbocycles. The fourth-order valence-corrected chi connectivity index (χ4v) is 6.01. The summed E-state index contributed by atoms with van der Waals surface area (Å²) in [6.45, 7) is 6.49. The third-order valence-electron chi connectivity index (χ3n) is 6.97. The third-order valence-corrected chi connectivity index (χ3v) is 6.97. The molecule has 0 heterocycles. The Morgan fingerprint density at radius 3 is 2.48 bits per heavy atom. The molecule has 0 aliphatic heterocycles. The minimum atomic E-state index is -1.05. The van der Waals surface area contributed by atoms with Gasteiger partial charge in [-0.05, 0) is 54.6 Å². The van der Waals surface area contributed by atoms with Gasteiger partial charge in [0.2, 0.25) is 0 Å². The standard InChI is InChI=1S/C21H28O4/c1-19(2)9-14-10-20(3)11-15(16(20)17(22)21(14,24)12-19)25-18(23)13-7-5-4-6-8-13/h4-8,14-17,22,24H,9-12H2,1-3H3/t14-,15+,16+,17+,20+,21-/m1/s1. The van der Waals surface area contributed by atoms with Gasteiger partial charge in [-0.25, -0.2) is 4.79 Å². The van der Waals surface area contributed by atoms with Crippen molar-refractivity contribution < 1.29 is 19.7 Å². The number of ether oxygens (including phenoxy) is 1.